The maximum absolute atomic E-state index is 13.7. The van der Waals surface area contributed by atoms with Crippen LogP contribution in [0.3, 0.4) is 0 Å². The van der Waals surface area contributed by atoms with Gasteiger partial charge in [0.05, 0.1) is 11.1 Å². The Morgan fingerprint density at radius 3 is 2.73 bits per heavy atom. The molecule has 0 aliphatic carbocycles. The third-order valence-electron chi connectivity index (χ3n) is 3.02. The van der Waals surface area contributed by atoms with Crippen molar-refractivity contribution in [1.82, 2.24) is 20.2 Å². The molecule has 1 heterocycles. The van der Waals surface area contributed by atoms with Gasteiger partial charge in [0.15, 0.2) is 5.82 Å². The van der Waals surface area contributed by atoms with Crippen LogP contribution in [0.25, 0.3) is 11.4 Å². The number of anilines is 1. The van der Waals surface area contributed by atoms with E-state index in [1.165, 1.54) is 12.3 Å². The van der Waals surface area contributed by atoms with Crippen LogP contribution < -0.4 is 11.1 Å². The van der Waals surface area contributed by atoms with Crippen molar-refractivity contribution in [3.63, 3.8) is 0 Å². The summed E-state index contributed by atoms with van der Waals surface area (Å²) >= 11 is 0. The number of benzene rings is 1. The molecule has 116 valence electrons. The van der Waals surface area contributed by atoms with Crippen molar-refractivity contribution in [2.24, 2.45) is 0 Å². The molecule has 0 aliphatic rings. The standard InChI is InChI=1S/C15H18FN5O/c1-21(2)8-7-18-15(22)11-9-19-14(20-13(11)17)10-5-3-4-6-12(10)16/h3-6,9H,7-8H2,1-2H3,(H,18,22)(H2,17,19,20). The van der Waals surface area contributed by atoms with Crippen LogP contribution in [0.1, 0.15) is 10.4 Å². The topological polar surface area (TPSA) is 84.1 Å². The molecule has 0 spiro atoms. The van der Waals surface area contributed by atoms with Gasteiger partial charge in [0.1, 0.15) is 11.6 Å². The van der Waals surface area contributed by atoms with E-state index in [-0.39, 0.29) is 28.7 Å². The first-order valence-electron chi connectivity index (χ1n) is 6.79. The minimum atomic E-state index is -0.440. The maximum atomic E-state index is 13.7. The zero-order valence-electron chi connectivity index (χ0n) is 12.5. The van der Waals surface area contributed by atoms with E-state index in [0.29, 0.717) is 13.1 Å². The van der Waals surface area contributed by atoms with Crippen LogP contribution in [0.15, 0.2) is 30.5 Å². The fourth-order valence-corrected chi connectivity index (χ4v) is 1.83. The number of hydrogen-bond acceptors (Lipinski definition) is 5. The van der Waals surface area contributed by atoms with Crippen molar-refractivity contribution in [3.8, 4) is 11.4 Å². The normalized spacial score (nSPS) is 10.7. The van der Waals surface area contributed by atoms with Crippen molar-refractivity contribution < 1.29 is 9.18 Å². The van der Waals surface area contributed by atoms with Gasteiger partial charge in [-0.1, -0.05) is 12.1 Å². The minimum absolute atomic E-state index is 0.0237. The van der Waals surface area contributed by atoms with Crippen molar-refractivity contribution in [2.45, 2.75) is 0 Å². The van der Waals surface area contributed by atoms with E-state index in [0.717, 1.165) is 0 Å². The van der Waals surface area contributed by atoms with E-state index in [4.69, 9.17) is 5.73 Å². The quantitative estimate of drug-likeness (QED) is 0.866. The molecule has 22 heavy (non-hydrogen) atoms. The first-order valence-corrected chi connectivity index (χ1v) is 6.79. The summed E-state index contributed by atoms with van der Waals surface area (Å²) in [6, 6.07) is 6.13. The molecule has 0 saturated heterocycles. The molecule has 6 nitrogen and oxygen atoms in total. The number of carbonyl (C=O) groups excluding carboxylic acids is 1. The molecular formula is C15H18FN5O. The molecule has 0 radical (unpaired) electrons. The summed E-state index contributed by atoms with van der Waals surface area (Å²) < 4.78 is 13.7. The van der Waals surface area contributed by atoms with E-state index in [1.807, 2.05) is 19.0 Å². The van der Waals surface area contributed by atoms with Crippen LogP contribution in [-0.4, -0.2) is 48.0 Å². The van der Waals surface area contributed by atoms with Gasteiger partial charge in [0.2, 0.25) is 0 Å². The Bertz CT molecular complexity index is 675. The fraction of sp³-hybridized carbons (Fsp3) is 0.267. The van der Waals surface area contributed by atoms with Crippen LogP contribution in [0, 0.1) is 5.82 Å². The largest absolute Gasteiger partial charge is 0.383 e. The van der Waals surface area contributed by atoms with Crippen LogP contribution in [0.2, 0.25) is 0 Å². The van der Waals surface area contributed by atoms with Crippen molar-refractivity contribution in [1.29, 1.82) is 0 Å². The molecule has 7 heteroatoms. The predicted octanol–water partition coefficient (Wildman–Crippen LogP) is 1.16. The molecule has 3 N–H and O–H groups in total. The number of rotatable bonds is 5. The highest BCUT2D eigenvalue weighted by molar-refractivity contribution is 5.98. The number of aromatic nitrogens is 2. The Labute approximate surface area is 128 Å². The minimum Gasteiger partial charge on any atom is -0.383 e. The van der Waals surface area contributed by atoms with Gasteiger partial charge in [-0.25, -0.2) is 14.4 Å². The van der Waals surface area contributed by atoms with Gasteiger partial charge >= 0.3 is 0 Å². The average Bonchev–Trinajstić information content (AvgIpc) is 2.47. The van der Waals surface area contributed by atoms with Crippen LogP contribution in [0.4, 0.5) is 10.2 Å². The number of nitrogens with two attached hydrogens (primary N) is 1. The number of amides is 1. The van der Waals surface area contributed by atoms with Crippen molar-refractivity contribution in [2.75, 3.05) is 32.9 Å². The predicted molar refractivity (Wildman–Crippen MR) is 82.7 cm³/mol. The molecule has 0 saturated carbocycles. The van der Waals surface area contributed by atoms with Crippen LogP contribution in [-0.2, 0) is 0 Å². The number of nitrogens with zero attached hydrogens (tertiary/aromatic N) is 3. The van der Waals surface area contributed by atoms with Gasteiger partial charge in [0, 0.05) is 19.3 Å². The summed E-state index contributed by atoms with van der Waals surface area (Å²) in [5.74, 6) is -0.611. The highest BCUT2D eigenvalue weighted by Gasteiger charge is 2.14. The molecule has 0 atom stereocenters. The van der Waals surface area contributed by atoms with E-state index >= 15 is 0 Å². The summed E-state index contributed by atoms with van der Waals surface area (Å²) in [7, 11) is 3.82. The van der Waals surface area contributed by atoms with Crippen molar-refractivity contribution >= 4 is 11.7 Å². The molecule has 0 unspecified atom stereocenters. The molecular weight excluding hydrogens is 285 g/mol. The second kappa shape index (κ2) is 6.95. The molecule has 0 bridgehead atoms. The Kier molecular flexibility index (Phi) is 5.00. The third kappa shape index (κ3) is 3.76. The number of carbonyl (C=O) groups is 1. The average molecular weight is 303 g/mol. The summed E-state index contributed by atoms with van der Waals surface area (Å²) in [6.07, 6.45) is 1.31. The summed E-state index contributed by atoms with van der Waals surface area (Å²) in [6.45, 7) is 1.19. The lowest BCUT2D eigenvalue weighted by molar-refractivity contribution is 0.0951. The van der Waals surface area contributed by atoms with E-state index in [2.05, 4.69) is 15.3 Å². The fourth-order valence-electron chi connectivity index (χ4n) is 1.83. The second-order valence-electron chi connectivity index (χ2n) is 5.03. The van der Waals surface area contributed by atoms with E-state index in [9.17, 15) is 9.18 Å². The Balaban J connectivity index is 2.16. The number of halogens is 1. The van der Waals surface area contributed by atoms with Gasteiger partial charge in [-0.3, -0.25) is 4.79 Å². The Morgan fingerprint density at radius 2 is 2.09 bits per heavy atom. The van der Waals surface area contributed by atoms with Crippen LogP contribution in [0.5, 0.6) is 0 Å². The Hall–Kier alpha value is -2.54. The van der Waals surface area contributed by atoms with Crippen molar-refractivity contribution in [3.05, 3.63) is 41.8 Å². The third-order valence-corrected chi connectivity index (χ3v) is 3.02. The molecule has 1 aromatic heterocycles. The first kappa shape index (κ1) is 15.8. The smallest absolute Gasteiger partial charge is 0.256 e. The number of hydrogen-bond donors (Lipinski definition) is 2. The van der Waals surface area contributed by atoms with Gasteiger partial charge in [-0.05, 0) is 26.2 Å². The Morgan fingerprint density at radius 1 is 1.36 bits per heavy atom. The van der Waals surface area contributed by atoms with Crippen LogP contribution >= 0.6 is 0 Å². The number of likely N-dealkylation sites (N-methyl/N-ethyl adjacent to an activating group) is 1. The van der Waals surface area contributed by atoms with Gasteiger partial charge in [0.25, 0.3) is 5.91 Å². The lowest BCUT2D eigenvalue weighted by Gasteiger charge is -2.11. The molecule has 1 amide bonds. The lowest BCUT2D eigenvalue weighted by Crippen LogP contribution is -2.32. The molecule has 0 fully saturated rings. The maximum Gasteiger partial charge on any atom is 0.256 e. The second-order valence-corrected chi connectivity index (χ2v) is 5.03. The van der Waals surface area contributed by atoms with Gasteiger partial charge in [-0.2, -0.15) is 0 Å². The van der Waals surface area contributed by atoms with Gasteiger partial charge in [-0.15, -0.1) is 0 Å². The first-order chi connectivity index (χ1) is 10.5. The lowest BCUT2D eigenvalue weighted by atomic mass is 10.2. The number of nitrogens with one attached hydrogen (secondary N) is 1. The zero-order valence-corrected chi connectivity index (χ0v) is 12.5. The highest BCUT2D eigenvalue weighted by atomic mass is 19.1. The van der Waals surface area contributed by atoms with E-state index < -0.39 is 5.82 Å². The molecule has 2 rings (SSSR count). The number of nitrogen functional groups attached to an aromatic ring is 1. The molecule has 0 aliphatic heterocycles. The monoisotopic (exact) mass is 303 g/mol. The highest BCUT2D eigenvalue weighted by Crippen LogP contribution is 2.20. The molecule has 2 aromatic rings. The summed E-state index contributed by atoms with van der Waals surface area (Å²) in [5, 5.41) is 2.73. The molecule has 1 aromatic carbocycles. The summed E-state index contributed by atoms with van der Waals surface area (Å²) in [4.78, 5) is 22.0. The van der Waals surface area contributed by atoms with E-state index in [1.54, 1.807) is 18.2 Å². The zero-order chi connectivity index (χ0) is 16.1. The summed E-state index contributed by atoms with van der Waals surface area (Å²) in [5.41, 5.74) is 6.22. The SMILES string of the molecule is CN(C)CCNC(=O)c1cnc(-c2ccccc2F)nc1N. The van der Waals surface area contributed by atoms with Gasteiger partial charge < -0.3 is 16.0 Å².